The van der Waals surface area contributed by atoms with Crippen LogP contribution >= 0.6 is 0 Å². The highest BCUT2D eigenvalue weighted by Crippen LogP contribution is 2.28. The van der Waals surface area contributed by atoms with E-state index in [1.54, 1.807) is 24.3 Å². The van der Waals surface area contributed by atoms with Gasteiger partial charge in [0.1, 0.15) is 17.1 Å². The lowest BCUT2D eigenvalue weighted by Gasteiger charge is -2.26. The van der Waals surface area contributed by atoms with Crippen molar-refractivity contribution >= 4 is 35.3 Å². The predicted molar refractivity (Wildman–Crippen MR) is 125 cm³/mol. The monoisotopic (exact) mass is 459 g/mol. The van der Waals surface area contributed by atoms with Crippen molar-refractivity contribution in [3.8, 4) is 11.3 Å². The van der Waals surface area contributed by atoms with Crippen molar-refractivity contribution in [2.75, 3.05) is 4.90 Å². The summed E-state index contributed by atoms with van der Waals surface area (Å²) in [5.74, 6) is -0.778. The molecule has 1 saturated heterocycles. The molecular weight excluding hydrogens is 438 g/mol. The molecule has 1 aliphatic rings. The van der Waals surface area contributed by atoms with Crippen LogP contribution in [-0.4, -0.2) is 22.8 Å². The maximum Gasteiger partial charge on any atom is 0.335 e. The Morgan fingerprint density at radius 3 is 2.50 bits per heavy atom. The molecule has 0 unspecified atom stereocenters. The largest absolute Gasteiger partial charge is 0.457 e. The lowest BCUT2D eigenvalue weighted by molar-refractivity contribution is -0.384. The Morgan fingerprint density at radius 2 is 1.82 bits per heavy atom. The van der Waals surface area contributed by atoms with Crippen LogP contribution in [0.1, 0.15) is 37.5 Å². The van der Waals surface area contributed by atoms with Gasteiger partial charge in [-0.25, -0.2) is 9.69 Å². The van der Waals surface area contributed by atoms with Crippen LogP contribution < -0.4 is 10.2 Å². The molecule has 4 rings (SSSR count). The molecule has 1 N–H and O–H groups in total. The van der Waals surface area contributed by atoms with Crippen molar-refractivity contribution in [2.24, 2.45) is 0 Å². The minimum absolute atomic E-state index is 0.0934. The Morgan fingerprint density at radius 1 is 1.09 bits per heavy atom. The van der Waals surface area contributed by atoms with E-state index in [9.17, 15) is 24.5 Å². The number of barbiturate groups is 1. The summed E-state index contributed by atoms with van der Waals surface area (Å²) in [4.78, 5) is 49.3. The van der Waals surface area contributed by atoms with Gasteiger partial charge in [0.2, 0.25) is 0 Å². The molecule has 1 fully saturated rings. The first-order chi connectivity index (χ1) is 16.3. The number of anilines is 1. The third-order valence-electron chi connectivity index (χ3n) is 5.69. The standard InChI is InChI=1S/C25H21N3O6/c1-3-15(2)16-7-9-18(10-8-16)27-24(30)21(23(29)26-25(27)31)14-20-11-12-22(34-20)17-5-4-6-19(13-17)28(32)33/h4-15H,3H2,1-2H3,(H,26,29,31)/b21-14+/t15-/m1/s1. The highest BCUT2D eigenvalue weighted by molar-refractivity contribution is 6.39. The van der Waals surface area contributed by atoms with Crippen LogP contribution in [0, 0.1) is 10.1 Å². The summed E-state index contributed by atoms with van der Waals surface area (Å²) in [6.45, 7) is 4.15. The smallest absolute Gasteiger partial charge is 0.335 e. The summed E-state index contributed by atoms with van der Waals surface area (Å²) in [6, 6.07) is 15.2. The van der Waals surface area contributed by atoms with Gasteiger partial charge in [0.05, 0.1) is 10.6 Å². The normalized spacial score (nSPS) is 16.0. The van der Waals surface area contributed by atoms with Crippen LogP contribution in [-0.2, 0) is 9.59 Å². The lowest BCUT2D eigenvalue weighted by atomic mass is 9.98. The summed E-state index contributed by atoms with van der Waals surface area (Å²) in [5.41, 5.74) is 1.52. The molecule has 0 spiro atoms. The van der Waals surface area contributed by atoms with Gasteiger partial charge in [0.15, 0.2) is 0 Å². The molecule has 3 aromatic rings. The number of nitro benzene ring substituents is 1. The molecular formula is C25H21N3O6. The molecule has 2 aromatic carbocycles. The van der Waals surface area contributed by atoms with Gasteiger partial charge >= 0.3 is 6.03 Å². The fourth-order valence-corrected chi connectivity index (χ4v) is 3.58. The van der Waals surface area contributed by atoms with Gasteiger partial charge in [-0.2, -0.15) is 0 Å². The number of urea groups is 1. The molecule has 0 aliphatic carbocycles. The number of hydrogen-bond donors (Lipinski definition) is 1. The Balaban J connectivity index is 1.63. The Labute approximate surface area is 194 Å². The van der Waals surface area contributed by atoms with Gasteiger partial charge in [-0.1, -0.05) is 38.1 Å². The average molecular weight is 459 g/mol. The third kappa shape index (κ3) is 4.36. The van der Waals surface area contributed by atoms with Crippen LogP contribution in [0.3, 0.4) is 0 Å². The zero-order chi connectivity index (χ0) is 24.4. The molecule has 1 aromatic heterocycles. The summed E-state index contributed by atoms with van der Waals surface area (Å²) in [7, 11) is 0. The SMILES string of the molecule is CC[C@@H](C)c1ccc(N2C(=O)NC(=O)/C(=C\c3ccc(-c4cccc([N+](=O)[O-])c4)o3)C2=O)cc1. The van der Waals surface area contributed by atoms with E-state index < -0.39 is 22.8 Å². The molecule has 1 atom stereocenters. The van der Waals surface area contributed by atoms with Gasteiger partial charge in [0.25, 0.3) is 17.5 Å². The van der Waals surface area contributed by atoms with Gasteiger partial charge in [-0.3, -0.25) is 25.0 Å². The molecule has 4 amide bonds. The summed E-state index contributed by atoms with van der Waals surface area (Å²) in [6.07, 6.45) is 2.19. The number of rotatable bonds is 6. The van der Waals surface area contributed by atoms with E-state index in [1.807, 2.05) is 12.1 Å². The molecule has 0 bridgehead atoms. The predicted octanol–water partition coefficient (Wildman–Crippen LogP) is 5.03. The van der Waals surface area contributed by atoms with Crippen molar-refractivity contribution in [1.29, 1.82) is 0 Å². The maximum atomic E-state index is 13.1. The van der Waals surface area contributed by atoms with Crippen LogP contribution in [0.5, 0.6) is 0 Å². The number of amides is 4. The number of benzene rings is 2. The van der Waals surface area contributed by atoms with E-state index in [1.165, 1.54) is 30.3 Å². The van der Waals surface area contributed by atoms with E-state index >= 15 is 0 Å². The Bertz CT molecular complexity index is 1320. The van der Waals surface area contributed by atoms with Crippen LogP contribution in [0.15, 0.2) is 70.7 Å². The first-order valence-electron chi connectivity index (χ1n) is 10.6. The minimum atomic E-state index is -0.837. The van der Waals surface area contributed by atoms with Gasteiger partial charge < -0.3 is 4.42 Å². The second-order valence-corrected chi connectivity index (χ2v) is 7.87. The third-order valence-corrected chi connectivity index (χ3v) is 5.69. The Hall–Kier alpha value is -4.53. The van der Waals surface area contributed by atoms with Crippen LogP contribution in [0.25, 0.3) is 17.4 Å². The zero-order valence-corrected chi connectivity index (χ0v) is 18.5. The number of nitrogens with one attached hydrogen (secondary N) is 1. The summed E-state index contributed by atoms with van der Waals surface area (Å²) in [5, 5.41) is 13.2. The summed E-state index contributed by atoms with van der Waals surface area (Å²) < 4.78 is 5.69. The quantitative estimate of drug-likeness (QED) is 0.239. The van der Waals surface area contributed by atoms with E-state index in [0.29, 0.717) is 22.9 Å². The van der Waals surface area contributed by atoms with Crippen LogP contribution in [0.4, 0.5) is 16.2 Å². The fraction of sp³-hybridized carbons (Fsp3) is 0.160. The second kappa shape index (κ2) is 9.14. The van der Waals surface area contributed by atoms with E-state index in [0.717, 1.165) is 16.9 Å². The van der Waals surface area contributed by atoms with E-state index in [-0.39, 0.29) is 17.0 Å². The number of carbonyl (C=O) groups excluding carboxylic acids is 3. The molecule has 0 saturated carbocycles. The minimum Gasteiger partial charge on any atom is -0.457 e. The van der Waals surface area contributed by atoms with E-state index in [2.05, 4.69) is 19.2 Å². The van der Waals surface area contributed by atoms with Gasteiger partial charge in [0, 0.05) is 17.7 Å². The second-order valence-electron chi connectivity index (χ2n) is 7.87. The van der Waals surface area contributed by atoms with Crippen molar-refractivity contribution in [3.05, 3.63) is 87.7 Å². The number of carbonyl (C=O) groups is 3. The lowest BCUT2D eigenvalue weighted by Crippen LogP contribution is -2.54. The van der Waals surface area contributed by atoms with Crippen molar-refractivity contribution < 1.29 is 23.7 Å². The number of nitro groups is 1. The molecule has 0 radical (unpaired) electrons. The fourth-order valence-electron chi connectivity index (χ4n) is 3.58. The molecule has 9 heteroatoms. The number of hydrogen-bond acceptors (Lipinski definition) is 6. The molecule has 172 valence electrons. The molecule has 1 aliphatic heterocycles. The van der Waals surface area contributed by atoms with Gasteiger partial charge in [-0.15, -0.1) is 0 Å². The van der Waals surface area contributed by atoms with Crippen LogP contribution in [0.2, 0.25) is 0 Å². The van der Waals surface area contributed by atoms with Crippen molar-refractivity contribution in [2.45, 2.75) is 26.2 Å². The molecule has 9 nitrogen and oxygen atoms in total. The number of nitrogens with zero attached hydrogens (tertiary/aromatic N) is 2. The zero-order valence-electron chi connectivity index (χ0n) is 18.5. The number of imide groups is 2. The first-order valence-corrected chi connectivity index (χ1v) is 10.6. The molecule has 2 heterocycles. The molecule has 34 heavy (non-hydrogen) atoms. The summed E-state index contributed by atoms with van der Waals surface area (Å²) >= 11 is 0. The maximum absolute atomic E-state index is 13.1. The Kier molecular flexibility index (Phi) is 6.09. The van der Waals surface area contributed by atoms with Crippen molar-refractivity contribution in [1.82, 2.24) is 5.32 Å². The van der Waals surface area contributed by atoms with E-state index in [4.69, 9.17) is 4.42 Å². The average Bonchev–Trinajstić information content (AvgIpc) is 3.30. The highest BCUT2D eigenvalue weighted by Gasteiger charge is 2.37. The highest BCUT2D eigenvalue weighted by atomic mass is 16.6. The van der Waals surface area contributed by atoms with Crippen molar-refractivity contribution in [3.63, 3.8) is 0 Å². The number of non-ortho nitro benzene ring substituents is 1. The van der Waals surface area contributed by atoms with Gasteiger partial charge in [-0.05, 0) is 48.2 Å². The topological polar surface area (TPSA) is 123 Å². The number of furan rings is 1. The first kappa shape index (κ1) is 22.7.